The third-order valence-electron chi connectivity index (χ3n) is 3.73. The van der Waals surface area contributed by atoms with Crippen LogP contribution in [0.1, 0.15) is 18.9 Å². The first kappa shape index (κ1) is 17.5. The Kier molecular flexibility index (Phi) is 5.06. The van der Waals surface area contributed by atoms with Gasteiger partial charge in [0.15, 0.2) is 0 Å². The highest BCUT2D eigenvalue weighted by atomic mass is 35.5. The zero-order chi connectivity index (χ0) is 18.0. The lowest BCUT2D eigenvalue weighted by Crippen LogP contribution is -2.29. The lowest BCUT2D eigenvalue weighted by atomic mass is 10.1. The van der Waals surface area contributed by atoms with Crippen LogP contribution in [0.3, 0.4) is 0 Å². The molecule has 128 valence electrons. The SMILES string of the molecule is CC1=NN(C(=O)Cc2ccccc2Nc2c(Cl)cccc2Cl)C(=O)C1. The second-order valence-electron chi connectivity index (χ2n) is 5.67. The van der Waals surface area contributed by atoms with Crippen LogP contribution in [0.4, 0.5) is 11.4 Å². The van der Waals surface area contributed by atoms with Gasteiger partial charge >= 0.3 is 0 Å². The van der Waals surface area contributed by atoms with Crippen molar-refractivity contribution >= 4 is 52.1 Å². The summed E-state index contributed by atoms with van der Waals surface area (Å²) >= 11 is 12.4. The number of amides is 2. The van der Waals surface area contributed by atoms with Crippen LogP contribution in [0.25, 0.3) is 0 Å². The van der Waals surface area contributed by atoms with E-state index in [2.05, 4.69) is 10.4 Å². The fourth-order valence-corrected chi connectivity index (χ4v) is 3.03. The molecule has 0 spiro atoms. The Morgan fingerprint density at radius 3 is 2.48 bits per heavy atom. The molecule has 2 aromatic carbocycles. The van der Waals surface area contributed by atoms with Gasteiger partial charge in [0, 0.05) is 11.4 Å². The Hall–Kier alpha value is -2.37. The van der Waals surface area contributed by atoms with E-state index in [1.54, 1.807) is 25.1 Å². The van der Waals surface area contributed by atoms with Crippen molar-refractivity contribution in [1.29, 1.82) is 0 Å². The molecule has 25 heavy (non-hydrogen) atoms. The quantitative estimate of drug-likeness (QED) is 0.860. The number of rotatable bonds is 4. The molecule has 5 nitrogen and oxygen atoms in total. The molecule has 1 heterocycles. The van der Waals surface area contributed by atoms with Crippen LogP contribution in [-0.4, -0.2) is 22.5 Å². The van der Waals surface area contributed by atoms with E-state index >= 15 is 0 Å². The maximum Gasteiger partial charge on any atom is 0.255 e. The predicted octanol–water partition coefficient (Wildman–Crippen LogP) is 4.41. The Morgan fingerprint density at radius 2 is 1.84 bits per heavy atom. The molecule has 0 fully saturated rings. The number of carbonyl (C=O) groups excluding carboxylic acids is 2. The van der Waals surface area contributed by atoms with Crippen molar-refractivity contribution in [2.45, 2.75) is 19.8 Å². The number of para-hydroxylation sites is 2. The van der Waals surface area contributed by atoms with Crippen LogP contribution >= 0.6 is 23.2 Å². The second kappa shape index (κ2) is 7.25. The maximum absolute atomic E-state index is 12.4. The number of halogens is 2. The Bertz CT molecular complexity index is 860. The van der Waals surface area contributed by atoms with Gasteiger partial charge in [-0.05, 0) is 30.7 Å². The van der Waals surface area contributed by atoms with E-state index in [1.807, 2.05) is 24.3 Å². The Morgan fingerprint density at radius 1 is 1.16 bits per heavy atom. The zero-order valence-corrected chi connectivity index (χ0v) is 14.9. The molecule has 0 bridgehead atoms. The van der Waals surface area contributed by atoms with E-state index in [1.165, 1.54) is 0 Å². The van der Waals surface area contributed by atoms with Gasteiger partial charge in [-0.1, -0.05) is 47.5 Å². The summed E-state index contributed by atoms with van der Waals surface area (Å²) < 4.78 is 0. The molecule has 2 amide bonds. The average molecular weight is 376 g/mol. The number of anilines is 2. The van der Waals surface area contributed by atoms with E-state index in [-0.39, 0.29) is 24.7 Å². The molecule has 7 heteroatoms. The number of carbonyl (C=O) groups is 2. The van der Waals surface area contributed by atoms with Crippen molar-refractivity contribution in [1.82, 2.24) is 5.01 Å². The third kappa shape index (κ3) is 3.83. The monoisotopic (exact) mass is 375 g/mol. The summed E-state index contributed by atoms with van der Waals surface area (Å²) in [7, 11) is 0. The summed E-state index contributed by atoms with van der Waals surface area (Å²) in [6.07, 6.45) is 0.217. The number of imide groups is 1. The summed E-state index contributed by atoms with van der Waals surface area (Å²) in [5.74, 6) is -0.677. The summed E-state index contributed by atoms with van der Waals surface area (Å²) in [6.45, 7) is 1.72. The highest BCUT2D eigenvalue weighted by Gasteiger charge is 2.27. The summed E-state index contributed by atoms with van der Waals surface area (Å²) in [5.41, 5.74) is 2.61. The van der Waals surface area contributed by atoms with Crippen molar-refractivity contribution in [3.8, 4) is 0 Å². The first-order chi connectivity index (χ1) is 12.0. The molecule has 0 saturated heterocycles. The van der Waals surface area contributed by atoms with E-state index in [0.29, 0.717) is 27.1 Å². The second-order valence-corrected chi connectivity index (χ2v) is 6.48. The minimum atomic E-state index is -0.374. The van der Waals surface area contributed by atoms with E-state index in [4.69, 9.17) is 23.2 Å². The van der Waals surface area contributed by atoms with Gasteiger partial charge in [0.05, 0.1) is 28.6 Å². The van der Waals surface area contributed by atoms with Crippen LogP contribution in [0.15, 0.2) is 47.6 Å². The largest absolute Gasteiger partial charge is 0.353 e. The van der Waals surface area contributed by atoms with Crippen LogP contribution in [0.5, 0.6) is 0 Å². The lowest BCUT2D eigenvalue weighted by molar-refractivity contribution is -0.142. The van der Waals surface area contributed by atoms with Crippen molar-refractivity contribution in [3.63, 3.8) is 0 Å². The van der Waals surface area contributed by atoms with Crippen LogP contribution in [-0.2, 0) is 16.0 Å². The van der Waals surface area contributed by atoms with Crippen molar-refractivity contribution in [3.05, 3.63) is 58.1 Å². The normalized spacial score (nSPS) is 13.8. The first-order valence-corrected chi connectivity index (χ1v) is 8.40. The maximum atomic E-state index is 12.4. The Balaban J connectivity index is 1.84. The topological polar surface area (TPSA) is 61.8 Å². The third-order valence-corrected chi connectivity index (χ3v) is 4.36. The molecule has 1 N–H and O–H groups in total. The number of nitrogens with one attached hydrogen (secondary N) is 1. The molecule has 3 rings (SSSR count). The van der Waals surface area contributed by atoms with Gasteiger partial charge in [-0.3, -0.25) is 9.59 Å². The van der Waals surface area contributed by atoms with Crippen LogP contribution in [0, 0.1) is 0 Å². The number of hydrogen-bond donors (Lipinski definition) is 1. The molecular weight excluding hydrogens is 361 g/mol. The molecule has 0 unspecified atom stereocenters. The molecule has 2 aromatic rings. The molecule has 1 aliphatic heterocycles. The van der Waals surface area contributed by atoms with Gasteiger partial charge in [0.2, 0.25) is 0 Å². The summed E-state index contributed by atoms with van der Waals surface area (Å²) in [6, 6.07) is 12.5. The summed E-state index contributed by atoms with van der Waals surface area (Å²) in [5, 5.41) is 9.06. The number of hydrazone groups is 1. The minimum absolute atomic E-state index is 0.0355. The molecular formula is C18H15Cl2N3O2. The standard InChI is InChI=1S/C18H15Cl2N3O2/c1-11-9-16(24)23(22-11)17(25)10-12-5-2-3-8-15(12)21-18-13(19)6-4-7-14(18)20/h2-8,21H,9-10H2,1H3. The number of benzene rings is 2. The summed E-state index contributed by atoms with van der Waals surface area (Å²) in [4.78, 5) is 24.2. The van der Waals surface area contributed by atoms with Crippen molar-refractivity contribution in [2.24, 2.45) is 5.10 Å². The first-order valence-electron chi connectivity index (χ1n) is 7.64. The highest BCUT2D eigenvalue weighted by molar-refractivity contribution is 6.39. The molecule has 1 aliphatic rings. The van der Waals surface area contributed by atoms with E-state index < -0.39 is 0 Å². The Labute approximate surface area is 155 Å². The predicted molar refractivity (Wildman–Crippen MR) is 99.5 cm³/mol. The highest BCUT2D eigenvalue weighted by Crippen LogP contribution is 2.33. The van der Waals surface area contributed by atoms with Gasteiger partial charge in [0.1, 0.15) is 0 Å². The number of nitrogens with zero attached hydrogens (tertiary/aromatic N) is 2. The van der Waals surface area contributed by atoms with E-state index in [9.17, 15) is 9.59 Å². The van der Waals surface area contributed by atoms with Gasteiger partial charge in [-0.2, -0.15) is 10.1 Å². The van der Waals surface area contributed by atoms with E-state index in [0.717, 1.165) is 10.6 Å². The molecule has 0 saturated carbocycles. The van der Waals surface area contributed by atoms with Gasteiger partial charge in [-0.15, -0.1) is 0 Å². The van der Waals surface area contributed by atoms with Gasteiger partial charge in [-0.25, -0.2) is 0 Å². The lowest BCUT2D eigenvalue weighted by Gasteiger charge is -2.15. The van der Waals surface area contributed by atoms with Crippen molar-refractivity contribution < 1.29 is 9.59 Å². The molecule has 0 atom stereocenters. The molecule has 0 aromatic heterocycles. The molecule has 0 radical (unpaired) electrons. The fraction of sp³-hybridized carbons (Fsp3) is 0.167. The fourth-order valence-electron chi connectivity index (χ4n) is 2.54. The zero-order valence-electron chi connectivity index (χ0n) is 13.4. The average Bonchev–Trinajstić information content (AvgIpc) is 2.91. The van der Waals surface area contributed by atoms with Crippen LogP contribution in [0.2, 0.25) is 10.0 Å². The minimum Gasteiger partial charge on any atom is -0.353 e. The van der Waals surface area contributed by atoms with Crippen molar-refractivity contribution in [2.75, 3.05) is 5.32 Å². The van der Waals surface area contributed by atoms with Gasteiger partial charge in [0.25, 0.3) is 11.8 Å². The number of hydrogen-bond acceptors (Lipinski definition) is 4. The smallest absolute Gasteiger partial charge is 0.255 e. The van der Waals surface area contributed by atoms with Crippen LogP contribution < -0.4 is 5.32 Å². The van der Waals surface area contributed by atoms with Gasteiger partial charge < -0.3 is 5.32 Å². The molecule has 0 aliphatic carbocycles.